The first-order valence-corrected chi connectivity index (χ1v) is 7.40. The first kappa shape index (κ1) is 13.0. The van der Waals surface area contributed by atoms with E-state index in [2.05, 4.69) is 30.4 Å². The molecule has 1 fully saturated rings. The lowest BCUT2D eigenvalue weighted by Crippen LogP contribution is -2.25. The summed E-state index contributed by atoms with van der Waals surface area (Å²) < 4.78 is 3.97. The zero-order valence-electron chi connectivity index (χ0n) is 10.9. The van der Waals surface area contributed by atoms with E-state index in [-0.39, 0.29) is 6.10 Å². The van der Waals surface area contributed by atoms with Crippen LogP contribution in [0.1, 0.15) is 56.7 Å². The van der Waals surface area contributed by atoms with Gasteiger partial charge >= 0.3 is 0 Å². The van der Waals surface area contributed by atoms with Crippen LogP contribution in [0, 0.1) is 17.8 Å². The Morgan fingerprint density at radius 2 is 2.12 bits per heavy atom. The number of hydrogen-bond acceptors (Lipinski definition) is 4. The van der Waals surface area contributed by atoms with Gasteiger partial charge in [-0.15, -0.1) is 5.10 Å². The molecule has 0 bridgehead atoms. The Morgan fingerprint density at radius 1 is 1.35 bits per heavy atom. The molecule has 1 heterocycles. The topological polar surface area (TPSA) is 46.0 Å². The summed E-state index contributed by atoms with van der Waals surface area (Å²) in [6.45, 7) is 6.69. The Hall–Kier alpha value is -0.480. The lowest BCUT2D eigenvalue weighted by molar-refractivity contribution is 0.0578. The molecular formula is C13H22N2OS. The van der Waals surface area contributed by atoms with Gasteiger partial charge in [0.25, 0.3) is 0 Å². The number of aryl methyl sites for hydroxylation is 1. The number of aliphatic hydroxyl groups excluding tert-OH is 1. The molecule has 0 spiro atoms. The van der Waals surface area contributed by atoms with Crippen molar-refractivity contribution in [3.63, 3.8) is 0 Å². The SMILES string of the molecule is CCc1nnsc1C(O)C1CCC(C)C(C)C1. The van der Waals surface area contributed by atoms with E-state index >= 15 is 0 Å². The zero-order valence-corrected chi connectivity index (χ0v) is 11.7. The quantitative estimate of drug-likeness (QED) is 0.901. The molecule has 17 heavy (non-hydrogen) atoms. The standard InChI is InChI=1S/C13H22N2OS/c1-4-11-13(17-15-14-11)12(16)10-6-5-8(2)9(3)7-10/h8-10,12,16H,4-7H2,1-3H3. The number of rotatable bonds is 3. The monoisotopic (exact) mass is 254 g/mol. The first-order valence-electron chi connectivity index (χ1n) is 6.62. The minimum atomic E-state index is -0.347. The molecule has 4 heteroatoms. The summed E-state index contributed by atoms with van der Waals surface area (Å²) in [6.07, 6.45) is 4.01. The molecule has 2 rings (SSSR count). The Morgan fingerprint density at radius 3 is 2.76 bits per heavy atom. The van der Waals surface area contributed by atoms with E-state index in [1.165, 1.54) is 18.0 Å². The average Bonchev–Trinajstić information content (AvgIpc) is 2.80. The zero-order chi connectivity index (χ0) is 12.4. The van der Waals surface area contributed by atoms with E-state index < -0.39 is 0 Å². The Labute approximate surface area is 107 Å². The largest absolute Gasteiger partial charge is 0.387 e. The van der Waals surface area contributed by atoms with E-state index in [4.69, 9.17) is 0 Å². The minimum Gasteiger partial charge on any atom is -0.387 e. The third kappa shape index (κ3) is 2.68. The van der Waals surface area contributed by atoms with Gasteiger partial charge in [0.15, 0.2) is 0 Å². The molecule has 4 unspecified atom stereocenters. The van der Waals surface area contributed by atoms with Crippen molar-refractivity contribution in [1.29, 1.82) is 0 Å². The molecule has 0 aliphatic heterocycles. The maximum atomic E-state index is 10.5. The van der Waals surface area contributed by atoms with Crippen molar-refractivity contribution in [2.45, 2.75) is 52.6 Å². The molecule has 4 atom stereocenters. The summed E-state index contributed by atoms with van der Waals surface area (Å²) in [4.78, 5) is 0.999. The van der Waals surface area contributed by atoms with Gasteiger partial charge in [-0.1, -0.05) is 31.7 Å². The molecule has 0 radical (unpaired) electrons. The lowest BCUT2D eigenvalue weighted by atomic mass is 9.73. The van der Waals surface area contributed by atoms with E-state index in [9.17, 15) is 5.11 Å². The van der Waals surface area contributed by atoms with Gasteiger partial charge in [0.05, 0.1) is 16.7 Å². The second-order valence-electron chi connectivity index (χ2n) is 5.41. The third-order valence-corrected chi connectivity index (χ3v) is 5.11. The fourth-order valence-electron chi connectivity index (χ4n) is 2.78. The molecule has 1 aromatic heterocycles. The highest BCUT2D eigenvalue weighted by Crippen LogP contribution is 2.41. The summed E-state index contributed by atoms with van der Waals surface area (Å²) >= 11 is 1.37. The predicted octanol–water partition coefficient (Wildman–Crippen LogP) is 3.21. The summed E-state index contributed by atoms with van der Waals surface area (Å²) in [5.41, 5.74) is 0.980. The molecule has 0 aromatic carbocycles. The van der Waals surface area contributed by atoms with E-state index in [0.717, 1.165) is 35.8 Å². The smallest absolute Gasteiger partial charge is 0.0945 e. The van der Waals surface area contributed by atoms with Gasteiger partial charge in [-0.2, -0.15) is 0 Å². The average molecular weight is 254 g/mol. The van der Waals surface area contributed by atoms with Crippen LogP contribution in [-0.2, 0) is 6.42 Å². The normalized spacial score (nSPS) is 31.4. The van der Waals surface area contributed by atoms with Crippen LogP contribution in [-0.4, -0.2) is 14.7 Å². The van der Waals surface area contributed by atoms with E-state index in [1.807, 2.05) is 0 Å². The van der Waals surface area contributed by atoms with Crippen LogP contribution in [0.5, 0.6) is 0 Å². The number of aliphatic hydroxyl groups is 1. The van der Waals surface area contributed by atoms with Gasteiger partial charge in [0, 0.05) is 0 Å². The van der Waals surface area contributed by atoms with Crippen LogP contribution in [0.15, 0.2) is 0 Å². The Bertz CT molecular complexity index is 366. The van der Waals surface area contributed by atoms with Gasteiger partial charge in [-0.05, 0) is 48.5 Å². The van der Waals surface area contributed by atoms with E-state index in [0.29, 0.717) is 11.8 Å². The van der Waals surface area contributed by atoms with Gasteiger partial charge in [0.2, 0.25) is 0 Å². The molecule has 1 saturated carbocycles. The van der Waals surface area contributed by atoms with Crippen molar-refractivity contribution in [1.82, 2.24) is 9.59 Å². The van der Waals surface area contributed by atoms with Crippen LogP contribution in [0.3, 0.4) is 0 Å². The third-order valence-electron chi connectivity index (χ3n) is 4.27. The molecule has 3 nitrogen and oxygen atoms in total. The molecule has 1 aliphatic rings. The van der Waals surface area contributed by atoms with Crippen molar-refractivity contribution in [3.05, 3.63) is 10.6 Å². The number of aromatic nitrogens is 2. The minimum absolute atomic E-state index is 0.347. The second-order valence-corrected chi connectivity index (χ2v) is 6.20. The molecular weight excluding hydrogens is 232 g/mol. The molecule has 1 aromatic rings. The van der Waals surface area contributed by atoms with Crippen molar-refractivity contribution in [3.8, 4) is 0 Å². The van der Waals surface area contributed by atoms with Crippen LogP contribution in [0.2, 0.25) is 0 Å². The van der Waals surface area contributed by atoms with Crippen LogP contribution >= 0.6 is 11.5 Å². The fourth-order valence-corrected chi connectivity index (χ4v) is 3.59. The molecule has 1 aliphatic carbocycles. The van der Waals surface area contributed by atoms with Crippen LogP contribution in [0.4, 0.5) is 0 Å². The fraction of sp³-hybridized carbons (Fsp3) is 0.846. The Kier molecular flexibility index (Phi) is 4.15. The Balaban J connectivity index is 2.07. The highest BCUT2D eigenvalue weighted by atomic mass is 32.1. The van der Waals surface area contributed by atoms with Gasteiger partial charge in [-0.3, -0.25) is 0 Å². The van der Waals surface area contributed by atoms with Crippen molar-refractivity contribution in [2.75, 3.05) is 0 Å². The molecule has 0 saturated heterocycles. The predicted molar refractivity (Wildman–Crippen MR) is 69.9 cm³/mol. The first-order chi connectivity index (χ1) is 8.13. The lowest BCUT2D eigenvalue weighted by Gasteiger charge is -2.34. The summed E-state index contributed by atoms with van der Waals surface area (Å²) in [6, 6.07) is 0. The maximum absolute atomic E-state index is 10.5. The highest BCUT2D eigenvalue weighted by molar-refractivity contribution is 7.05. The highest BCUT2D eigenvalue weighted by Gasteiger charge is 2.31. The summed E-state index contributed by atoms with van der Waals surface area (Å²) in [7, 11) is 0. The molecule has 96 valence electrons. The second kappa shape index (κ2) is 5.44. The van der Waals surface area contributed by atoms with Gasteiger partial charge in [-0.25, -0.2) is 0 Å². The maximum Gasteiger partial charge on any atom is 0.0945 e. The van der Waals surface area contributed by atoms with Crippen LogP contribution < -0.4 is 0 Å². The number of nitrogens with zero attached hydrogens (tertiary/aromatic N) is 2. The van der Waals surface area contributed by atoms with Crippen molar-refractivity contribution in [2.24, 2.45) is 17.8 Å². The van der Waals surface area contributed by atoms with Gasteiger partial charge < -0.3 is 5.11 Å². The summed E-state index contributed by atoms with van der Waals surface area (Å²) in [5.74, 6) is 1.91. The summed E-state index contributed by atoms with van der Waals surface area (Å²) in [5, 5.41) is 14.6. The number of hydrogen-bond donors (Lipinski definition) is 1. The van der Waals surface area contributed by atoms with Gasteiger partial charge in [0.1, 0.15) is 0 Å². The molecule has 0 amide bonds. The van der Waals surface area contributed by atoms with Crippen molar-refractivity contribution >= 4 is 11.5 Å². The molecule has 1 N–H and O–H groups in total. The van der Waals surface area contributed by atoms with E-state index in [1.54, 1.807) is 0 Å². The van der Waals surface area contributed by atoms with Crippen LogP contribution in [0.25, 0.3) is 0 Å². The van der Waals surface area contributed by atoms with Crippen molar-refractivity contribution < 1.29 is 5.11 Å².